The van der Waals surface area contributed by atoms with Crippen LogP contribution in [0.4, 0.5) is 0 Å². The van der Waals surface area contributed by atoms with Crippen LogP contribution in [-0.4, -0.2) is 21.2 Å². The van der Waals surface area contributed by atoms with E-state index in [4.69, 9.17) is 5.11 Å². The molecular formula is C12H11NO3. The first kappa shape index (κ1) is 10.3. The maximum atomic E-state index is 10.5. The Morgan fingerprint density at radius 2 is 1.94 bits per heavy atom. The van der Waals surface area contributed by atoms with Gasteiger partial charge in [-0.15, -0.1) is 0 Å². The van der Waals surface area contributed by atoms with E-state index in [2.05, 4.69) is 4.98 Å². The first-order valence-corrected chi connectivity index (χ1v) is 4.85. The molecular weight excluding hydrogens is 206 g/mol. The highest BCUT2D eigenvalue weighted by atomic mass is 16.4. The van der Waals surface area contributed by atoms with Crippen LogP contribution in [-0.2, 0) is 11.2 Å². The normalized spacial score (nSPS) is 10.2. The van der Waals surface area contributed by atoms with Crippen LogP contribution in [0, 0.1) is 0 Å². The molecule has 1 aromatic heterocycles. The van der Waals surface area contributed by atoms with Crippen LogP contribution in [0.25, 0.3) is 11.3 Å². The predicted molar refractivity (Wildman–Crippen MR) is 59.2 cm³/mol. The van der Waals surface area contributed by atoms with Crippen LogP contribution >= 0.6 is 0 Å². The van der Waals surface area contributed by atoms with Crippen molar-refractivity contribution in [1.29, 1.82) is 0 Å². The van der Waals surface area contributed by atoms with Gasteiger partial charge in [-0.1, -0.05) is 30.3 Å². The van der Waals surface area contributed by atoms with Crippen molar-refractivity contribution in [3.8, 4) is 17.0 Å². The van der Waals surface area contributed by atoms with Crippen LogP contribution in [0.2, 0.25) is 0 Å². The minimum atomic E-state index is -0.930. The number of carboxylic acid groups (broad SMARTS) is 1. The number of aromatic amines is 1. The van der Waals surface area contributed by atoms with E-state index in [1.54, 1.807) is 0 Å². The number of H-pyrrole nitrogens is 1. The Balaban J connectivity index is 2.36. The largest absolute Gasteiger partial charge is 0.506 e. The van der Waals surface area contributed by atoms with Crippen LogP contribution in [0.1, 0.15) is 5.69 Å². The fourth-order valence-corrected chi connectivity index (χ4v) is 1.58. The second-order valence-electron chi connectivity index (χ2n) is 3.49. The van der Waals surface area contributed by atoms with Gasteiger partial charge in [-0.05, 0) is 0 Å². The molecule has 3 N–H and O–H groups in total. The Kier molecular flexibility index (Phi) is 2.64. The van der Waals surface area contributed by atoms with Crippen molar-refractivity contribution in [2.45, 2.75) is 6.42 Å². The van der Waals surface area contributed by atoms with E-state index in [0.717, 1.165) is 5.56 Å². The van der Waals surface area contributed by atoms with E-state index in [9.17, 15) is 9.90 Å². The lowest BCUT2D eigenvalue weighted by Gasteiger charge is -1.98. The van der Waals surface area contributed by atoms with E-state index in [0.29, 0.717) is 11.4 Å². The summed E-state index contributed by atoms with van der Waals surface area (Å²) >= 11 is 0. The Labute approximate surface area is 92.2 Å². The summed E-state index contributed by atoms with van der Waals surface area (Å²) in [5.74, 6) is -0.858. The molecule has 1 heterocycles. The molecule has 0 fully saturated rings. The zero-order chi connectivity index (χ0) is 11.5. The standard InChI is InChI=1S/C12H11NO3/c14-10-6-9(7-11(15)16)13-12(10)8-4-2-1-3-5-8/h1-6,13-14H,7H2,(H,15,16). The quantitative estimate of drug-likeness (QED) is 0.736. The van der Waals surface area contributed by atoms with Crippen LogP contribution in [0.3, 0.4) is 0 Å². The minimum absolute atomic E-state index is 0.0717. The van der Waals surface area contributed by atoms with E-state index in [1.165, 1.54) is 6.07 Å². The summed E-state index contributed by atoms with van der Waals surface area (Å²) in [5.41, 5.74) is 1.87. The number of aliphatic carboxylic acids is 1. The smallest absolute Gasteiger partial charge is 0.309 e. The number of benzene rings is 1. The molecule has 4 heteroatoms. The van der Waals surface area contributed by atoms with Gasteiger partial charge in [0.05, 0.1) is 12.1 Å². The van der Waals surface area contributed by atoms with E-state index < -0.39 is 5.97 Å². The summed E-state index contributed by atoms with van der Waals surface area (Å²) in [4.78, 5) is 13.4. The number of hydrogen-bond acceptors (Lipinski definition) is 2. The van der Waals surface area contributed by atoms with Crippen molar-refractivity contribution in [3.63, 3.8) is 0 Å². The molecule has 1 aromatic carbocycles. The molecule has 0 spiro atoms. The van der Waals surface area contributed by atoms with Gasteiger partial charge in [0.2, 0.25) is 0 Å². The molecule has 16 heavy (non-hydrogen) atoms. The van der Waals surface area contributed by atoms with Gasteiger partial charge in [-0.3, -0.25) is 4.79 Å². The number of carbonyl (C=O) groups is 1. The second-order valence-corrected chi connectivity index (χ2v) is 3.49. The van der Waals surface area contributed by atoms with Gasteiger partial charge in [0, 0.05) is 17.3 Å². The van der Waals surface area contributed by atoms with E-state index >= 15 is 0 Å². The maximum absolute atomic E-state index is 10.5. The Bertz CT molecular complexity index is 502. The van der Waals surface area contributed by atoms with Gasteiger partial charge < -0.3 is 15.2 Å². The second kappa shape index (κ2) is 4.10. The Hall–Kier alpha value is -2.23. The maximum Gasteiger partial charge on any atom is 0.309 e. The molecule has 0 atom stereocenters. The zero-order valence-electron chi connectivity index (χ0n) is 8.47. The zero-order valence-corrected chi connectivity index (χ0v) is 8.47. The minimum Gasteiger partial charge on any atom is -0.506 e. The van der Waals surface area contributed by atoms with Gasteiger partial charge in [-0.2, -0.15) is 0 Å². The molecule has 0 saturated carbocycles. The lowest BCUT2D eigenvalue weighted by atomic mass is 10.1. The molecule has 4 nitrogen and oxygen atoms in total. The van der Waals surface area contributed by atoms with Gasteiger partial charge >= 0.3 is 5.97 Å². The number of nitrogens with one attached hydrogen (secondary N) is 1. The highest BCUT2D eigenvalue weighted by molar-refractivity contribution is 5.72. The van der Waals surface area contributed by atoms with Crippen molar-refractivity contribution in [2.75, 3.05) is 0 Å². The highest BCUT2D eigenvalue weighted by Gasteiger charge is 2.10. The fraction of sp³-hybridized carbons (Fsp3) is 0.0833. The number of aromatic hydroxyl groups is 1. The fourth-order valence-electron chi connectivity index (χ4n) is 1.58. The topological polar surface area (TPSA) is 73.3 Å². The van der Waals surface area contributed by atoms with Gasteiger partial charge in [0.25, 0.3) is 0 Å². The summed E-state index contributed by atoms with van der Waals surface area (Å²) in [6.07, 6.45) is -0.125. The summed E-state index contributed by atoms with van der Waals surface area (Å²) in [5, 5.41) is 18.3. The first-order chi connectivity index (χ1) is 7.66. The van der Waals surface area contributed by atoms with Crippen molar-refractivity contribution < 1.29 is 15.0 Å². The molecule has 0 aliphatic rings. The monoisotopic (exact) mass is 217 g/mol. The SMILES string of the molecule is O=C(O)Cc1cc(O)c(-c2ccccc2)[nH]1. The third-order valence-electron chi connectivity index (χ3n) is 2.26. The third kappa shape index (κ3) is 2.06. The first-order valence-electron chi connectivity index (χ1n) is 4.85. The van der Waals surface area contributed by atoms with Crippen molar-refractivity contribution in [2.24, 2.45) is 0 Å². The Morgan fingerprint density at radius 3 is 2.56 bits per heavy atom. The van der Waals surface area contributed by atoms with Crippen LogP contribution < -0.4 is 0 Å². The molecule has 0 radical (unpaired) electrons. The number of carboxylic acids is 1. The number of aromatic nitrogens is 1. The lowest BCUT2D eigenvalue weighted by molar-refractivity contribution is -0.136. The van der Waals surface area contributed by atoms with Crippen molar-refractivity contribution >= 4 is 5.97 Å². The van der Waals surface area contributed by atoms with Crippen molar-refractivity contribution in [1.82, 2.24) is 4.98 Å². The van der Waals surface area contributed by atoms with Crippen LogP contribution in [0.15, 0.2) is 36.4 Å². The van der Waals surface area contributed by atoms with Crippen LogP contribution in [0.5, 0.6) is 5.75 Å². The highest BCUT2D eigenvalue weighted by Crippen LogP contribution is 2.29. The molecule has 0 saturated heterocycles. The van der Waals surface area contributed by atoms with Gasteiger partial charge in [0.15, 0.2) is 0 Å². The van der Waals surface area contributed by atoms with Gasteiger partial charge in [0.1, 0.15) is 5.75 Å². The summed E-state index contributed by atoms with van der Waals surface area (Å²) in [6, 6.07) is 10.7. The molecule has 0 amide bonds. The Morgan fingerprint density at radius 1 is 1.25 bits per heavy atom. The molecule has 82 valence electrons. The molecule has 2 aromatic rings. The molecule has 0 bridgehead atoms. The number of rotatable bonds is 3. The average Bonchev–Trinajstić information content (AvgIpc) is 2.60. The summed E-state index contributed by atoms with van der Waals surface area (Å²) in [7, 11) is 0. The summed E-state index contributed by atoms with van der Waals surface area (Å²) in [6.45, 7) is 0. The van der Waals surface area contributed by atoms with E-state index in [1.807, 2.05) is 30.3 Å². The lowest BCUT2D eigenvalue weighted by Crippen LogP contribution is -1.99. The predicted octanol–water partition coefficient (Wildman–Crippen LogP) is 2.01. The van der Waals surface area contributed by atoms with E-state index in [-0.39, 0.29) is 12.2 Å². The molecule has 0 aliphatic carbocycles. The molecule has 0 unspecified atom stereocenters. The van der Waals surface area contributed by atoms with Gasteiger partial charge in [-0.25, -0.2) is 0 Å². The molecule has 0 aliphatic heterocycles. The van der Waals surface area contributed by atoms with Crippen molar-refractivity contribution in [3.05, 3.63) is 42.1 Å². The third-order valence-corrected chi connectivity index (χ3v) is 2.26. The number of hydrogen-bond donors (Lipinski definition) is 3. The summed E-state index contributed by atoms with van der Waals surface area (Å²) < 4.78 is 0. The molecule has 2 rings (SSSR count). The average molecular weight is 217 g/mol.